The van der Waals surface area contributed by atoms with E-state index in [-0.39, 0.29) is 11.9 Å². The monoisotopic (exact) mass is 314 g/mol. The molecule has 2 unspecified atom stereocenters. The number of anilines is 2. The molecule has 0 radical (unpaired) electrons. The van der Waals surface area contributed by atoms with E-state index in [4.69, 9.17) is 5.73 Å². The second kappa shape index (κ2) is 6.67. The van der Waals surface area contributed by atoms with Crippen LogP contribution in [0.4, 0.5) is 10.9 Å². The van der Waals surface area contributed by atoms with E-state index in [1.807, 2.05) is 30.6 Å². The first-order valence-corrected chi connectivity index (χ1v) is 8.98. The van der Waals surface area contributed by atoms with Gasteiger partial charge in [-0.2, -0.15) is 11.8 Å². The van der Waals surface area contributed by atoms with Gasteiger partial charge in [0.05, 0.1) is 0 Å². The summed E-state index contributed by atoms with van der Waals surface area (Å²) in [5.41, 5.74) is 5.88. The topological polar surface area (TPSA) is 71.2 Å². The molecule has 1 saturated carbocycles. The van der Waals surface area contributed by atoms with Crippen molar-refractivity contribution < 1.29 is 4.79 Å². The molecule has 0 spiro atoms. The molecular formula is C13H22N4OS2. The third-order valence-electron chi connectivity index (χ3n) is 3.72. The highest BCUT2D eigenvalue weighted by molar-refractivity contribution is 7.99. The van der Waals surface area contributed by atoms with Crippen LogP contribution >= 0.6 is 23.1 Å². The molecule has 20 heavy (non-hydrogen) atoms. The minimum atomic E-state index is -0.0818. The number of nitrogens with one attached hydrogen (secondary N) is 1. The highest BCUT2D eigenvalue weighted by Gasteiger charge is 2.29. The Bertz CT molecular complexity index is 477. The summed E-state index contributed by atoms with van der Waals surface area (Å²) in [4.78, 5) is 19.1. The van der Waals surface area contributed by atoms with Crippen molar-refractivity contribution in [1.29, 1.82) is 0 Å². The first kappa shape index (κ1) is 15.4. The Hall–Kier alpha value is -0.950. The molecule has 0 bridgehead atoms. The maximum Gasteiger partial charge on any atom is 0.265 e. The molecule has 1 aliphatic carbocycles. The summed E-state index contributed by atoms with van der Waals surface area (Å²) in [7, 11) is 1.95. The van der Waals surface area contributed by atoms with Gasteiger partial charge in [-0.1, -0.05) is 17.8 Å². The normalized spacial score (nSPS) is 21.9. The second-order valence-corrected chi connectivity index (χ2v) is 7.06. The van der Waals surface area contributed by atoms with E-state index in [1.165, 1.54) is 24.2 Å². The maximum absolute atomic E-state index is 12.4. The first-order chi connectivity index (χ1) is 9.56. The van der Waals surface area contributed by atoms with E-state index in [9.17, 15) is 4.79 Å². The van der Waals surface area contributed by atoms with Crippen LogP contribution in [0.3, 0.4) is 0 Å². The minimum Gasteiger partial charge on any atom is -0.382 e. The maximum atomic E-state index is 12.4. The van der Waals surface area contributed by atoms with Gasteiger partial charge in [-0.25, -0.2) is 4.98 Å². The summed E-state index contributed by atoms with van der Waals surface area (Å²) in [6.45, 7) is 2.88. The van der Waals surface area contributed by atoms with Crippen LogP contribution in [0.15, 0.2) is 0 Å². The van der Waals surface area contributed by atoms with E-state index < -0.39 is 0 Å². The fraction of sp³-hybridized carbons (Fsp3) is 0.692. The summed E-state index contributed by atoms with van der Waals surface area (Å²) < 4.78 is 0. The number of carbonyl (C=O) groups is 1. The van der Waals surface area contributed by atoms with Crippen molar-refractivity contribution in [2.45, 2.75) is 37.5 Å². The van der Waals surface area contributed by atoms with E-state index in [0.717, 1.165) is 18.1 Å². The van der Waals surface area contributed by atoms with Crippen LogP contribution in [0.25, 0.3) is 0 Å². The lowest BCUT2D eigenvalue weighted by Gasteiger charge is -2.18. The van der Waals surface area contributed by atoms with Crippen LogP contribution in [0, 0.1) is 0 Å². The summed E-state index contributed by atoms with van der Waals surface area (Å²) >= 11 is 3.19. The zero-order chi connectivity index (χ0) is 14.7. The minimum absolute atomic E-state index is 0.0818. The van der Waals surface area contributed by atoms with Crippen LogP contribution in [-0.4, -0.2) is 42.0 Å². The predicted octanol–water partition coefficient (Wildman–Crippen LogP) is 2.20. The highest BCUT2D eigenvalue weighted by Crippen LogP contribution is 2.31. The predicted molar refractivity (Wildman–Crippen MR) is 87.9 cm³/mol. The van der Waals surface area contributed by atoms with Crippen molar-refractivity contribution in [3.63, 3.8) is 0 Å². The average molecular weight is 314 g/mol. The van der Waals surface area contributed by atoms with Gasteiger partial charge < -0.3 is 16.0 Å². The fourth-order valence-corrected chi connectivity index (χ4v) is 4.24. The van der Waals surface area contributed by atoms with Gasteiger partial charge in [0.2, 0.25) is 0 Å². The number of rotatable bonds is 5. The van der Waals surface area contributed by atoms with Crippen molar-refractivity contribution in [1.82, 2.24) is 10.3 Å². The molecule has 1 heterocycles. The molecule has 2 rings (SSSR count). The molecule has 1 aromatic heterocycles. The molecule has 1 aliphatic rings. The lowest BCUT2D eigenvalue weighted by Crippen LogP contribution is -2.38. The van der Waals surface area contributed by atoms with Crippen molar-refractivity contribution in [3.05, 3.63) is 4.88 Å². The zero-order valence-corrected chi connectivity index (χ0v) is 13.8. The van der Waals surface area contributed by atoms with E-state index in [2.05, 4.69) is 16.6 Å². The summed E-state index contributed by atoms with van der Waals surface area (Å²) in [6.07, 6.45) is 5.51. The molecular weight excluding hydrogens is 292 g/mol. The molecule has 0 aliphatic heterocycles. The number of hydrogen-bond donors (Lipinski definition) is 2. The Morgan fingerprint density at radius 1 is 1.60 bits per heavy atom. The second-order valence-electron chi connectivity index (χ2n) is 5.01. The van der Waals surface area contributed by atoms with Crippen LogP contribution in [-0.2, 0) is 0 Å². The SMILES string of the molecule is CCN(C)c1nc(N)c(C(=O)NC2CCCC2SC)s1. The van der Waals surface area contributed by atoms with Crippen LogP contribution in [0.2, 0.25) is 0 Å². The van der Waals surface area contributed by atoms with Gasteiger partial charge in [0, 0.05) is 24.9 Å². The summed E-state index contributed by atoms with van der Waals surface area (Å²) in [5, 5.41) is 4.43. The van der Waals surface area contributed by atoms with Gasteiger partial charge in [-0.3, -0.25) is 4.79 Å². The van der Waals surface area contributed by atoms with E-state index in [0.29, 0.717) is 15.9 Å². The number of thiazole rings is 1. The number of carbonyl (C=O) groups excluding carboxylic acids is 1. The molecule has 7 heteroatoms. The molecule has 112 valence electrons. The molecule has 1 aromatic rings. The summed E-state index contributed by atoms with van der Waals surface area (Å²) in [6, 6.07) is 0.256. The lowest BCUT2D eigenvalue weighted by atomic mass is 10.2. The molecule has 5 nitrogen and oxygen atoms in total. The Kier molecular flexibility index (Phi) is 5.15. The third-order valence-corrected chi connectivity index (χ3v) is 6.07. The molecule has 1 fully saturated rings. The summed E-state index contributed by atoms with van der Waals surface area (Å²) in [5.74, 6) is 0.253. The Labute approximate surface area is 128 Å². The molecule has 0 saturated heterocycles. The molecule has 3 N–H and O–H groups in total. The van der Waals surface area contributed by atoms with Gasteiger partial charge in [0.1, 0.15) is 10.7 Å². The van der Waals surface area contributed by atoms with Gasteiger partial charge >= 0.3 is 0 Å². The van der Waals surface area contributed by atoms with Gasteiger partial charge in [0.15, 0.2) is 5.13 Å². The number of nitrogens with two attached hydrogens (primary N) is 1. The number of nitrogen functional groups attached to an aromatic ring is 1. The number of nitrogens with zero attached hydrogens (tertiary/aromatic N) is 2. The van der Waals surface area contributed by atoms with Crippen LogP contribution < -0.4 is 16.0 Å². The van der Waals surface area contributed by atoms with Gasteiger partial charge in [-0.05, 0) is 26.0 Å². The van der Waals surface area contributed by atoms with Crippen LogP contribution in [0.1, 0.15) is 35.9 Å². The third kappa shape index (κ3) is 3.20. The van der Waals surface area contributed by atoms with Crippen molar-refractivity contribution >= 4 is 40.0 Å². The molecule has 0 aromatic carbocycles. The zero-order valence-electron chi connectivity index (χ0n) is 12.2. The van der Waals surface area contributed by atoms with Crippen molar-refractivity contribution in [2.75, 3.05) is 30.5 Å². The quantitative estimate of drug-likeness (QED) is 0.872. The average Bonchev–Trinajstić information content (AvgIpc) is 3.04. The van der Waals surface area contributed by atoms with Crippen LogP contribution in [0.5, 0.6) is 0 Å². The van der Waals surface area contributed by atoms with Gasteiger partial charge in [-0.15, -0.1) is 0 Å². The van der Waals surface area contributed by atoms with E-state index >= 15 is 0 Å². The number of hydrogen-bond acceptors (Lipinski definition) is 6. The van der Waals surface area contributed by atoms with Crippen molar-refractivity contribution in [2.24, 2.45) is 0 Å². The Morgan fingerprint density at radius 3 is 3.00 bits per heavy atom. The molecule has 1 amide bonds. The van der Waals surface area contributed by atoms with Crippen molar-refractivity contribution in [3.8, 4) is 0 Å². The largest absolute Gasteiger partial charge is 0.382 e. The Balaban J connectivity index is 2.07. The van der Waals surface area contributed by atoms with Gasteiger partial charge in [0.25, 0.3) is 5.91 Å². The number of thioether (sulfide) groups is 1. The standard InChI is InChI=1S/C13H22N4OS2/c1-4-17(2)13-16-11(14)10(20-13)12(18)15-8-6-5-7-9(8)19-3/h8-9H,4-7,14H2,1-3H3,(H,15,18). The number of aromatic nitrogens is 1. The fourth-order valence-electron chi connectivity index (χ4n) is 2.39. The first-order valence-electron chi connectivity index (χ1n) is 6.87. The lowest BCUT2D eigenvalue weighted by molar-refractivity contribution is 0.0943. The smallest absolute Gasteiger partial charge is 0.265 e. The van der Waals surface area contributed by atoms with E-state index in [1.54, 1.807) is 0 Å². The highest BCUT2D eigenvalue weighted by atomic mass is 32.2. The number of amides is 1. The Morgan fingerprint density at radius 2 is 2.35 bits per heavy atom. The molecule has 2 atom stereocenters.